The summed E-state index contributed by atoms with van der Waals surface area (Å²) in [6.07, 6.45) is -1.04. The van der Waals surface area contributed by atoms with E-state index in [2.05, 4.69) is 11.4 Å². The van der Waals surface area contributed by atoms with Gasteiger partial charge in [-0.3, -0.25) is 9.48 Å². The fourth-order valence-electron chi connectivity index (χ4n) is 5.03. The first-order valence-corrected chi connectivity index (χ1v) is 16.7. The maximum atomic E-state index is 13.1. The van der Waals surface area contributed by atoms with E-state index in [0.717, 1.165) is 47.4 Å². The number of thiophene rings is 1. The number of sulfone groups is 1. The van der Waals surface area contributed by atoms with E-state index >= 15 is 0 Å². The van der Waals surface area contributed by atoms with E-state index in [9.17, 15) is 26.4 Å². The molecule has 1 unspecified atom stereocenters. The van der Waals surface area contributed by atoms with Crippen LogP contribution in [0.5, 0.6) is 5.75 Å². The van der Waals surface area contributed by atoms with E-state index in [1.165, 1.54) is 6.07 Å². The van der Waals surface area contributed by atoms with Gasteiger partial charge in [0.05, 0.1) is 34.6 Å². The number of carbonyl (C=O) groups excluding carboxylic acids is 1. The Morgan fingerprint density at radius 2 is 1.87 bits per heavy atom. The molecule has 0 saturated carbocycles. The summed E-state index contributed by atoms with van der Waals surface area (Å²) in [6.45, 7) is 1.46. The molecule has 0 spiro atoms. The van der Waals surface area contributed by atoms with E-state index in [0.29, 0.717) is 53.0 Å². The Morgan fingerprint density at radius 1 is 1.16 bits per heavy atom. The summed E-state index contributed by atoms with van der Waals surface area (Å²) in [4.78, 5) is 21.3. The predicted octanol–water partition coefficient (Wildman–Crippen LogP) is 6.06. The highest BCUT2D eigenvalue weighted by molar-refractivity contribution is 7.92. The number of aromatic nitrogens is 2. The summed E-state index contributed by atoms with van der Waals surface area (Å²) in [7, 11) is -2.07. The summed E-state index contributed by atoms with van der Waals surface area (Å²) >= 11 is 7.03. The summed E-state index contributed by atoms with van der Waals surface area (Å²) in [5.74, 6) is -2.15. The lowest BCUT2D eigenvalue weighted by molar-refractivity contribution is -0.192. The maximum Gasteiger partial charge on any atom is 0.490 e. The smallest absolute Gasteiger partial charge is 0.490 e. The number of nitrogens with zero attached hydrogens (tertiary/aromatic N) is 2. The molecular formula is C30H31ClF3N3O6S2. The zero-order valence-electron chi connectivity index (χ0n) is 24.1. The minimum Gasteiger partial charge on any atom is -0.496 e. The summed E-state index contributed by atoms with van der Waals surface area (Å²) in [6, 6.07) is 17.2. The molecule has 1 atom stereocenters. The molecule has 1 fully saturated rings. The van der Waals surface area contributed by atoms with Gasteiger partial charge in [0.1, 0.15) is 21.5 Å². The van der Waals surface area contributed by atoms with Gasteiger partial charge in [-0.05, 0) is 61.2 Å². The minimum atomic E-state index is -5.08. The number of benzene rings is 2. The quantitative estimate of drug-likeness (QED) is 0.195. The van der Waals surface area contributed by atoms with Crippen LogP contribution in [0.15, 0.2) is 58.8 Å². The molecule has 1 aliphatic rings. The molecule has 2 aromatic carbocycles. The van der Waals surface area contributed by atoms with Crippen molar-refractivity contribution in [1.82, 2.24) is 15.1 Å². The van der Waals surface area contributed by atoms with Crippen LogP contribution in [-0.2, 0) is 38.1 Å². The van der Waals surface area contributed by atoms with Crippen molar-refractivity contribution in [2.45, 2.75) is 60.8 Å². The van der Waals surface area contributed by atoms with Gasteiger partial charge < -0.3 is 15.2 Å². The molecule has 0 amide bonds. The molecule has 0 radical (unpaired) electrons. The van der Waals surface area contributed by atoms with Crippen molar-refractivity contribution >= 4 is 55.4 Å². The van der Waals surface area contributed by atoms with Gasteiger partial charge in [0, 0.05) is 18.9 Å². The molecule has 242 valence electrons. The topological polar surface area (TPSA) is 128 Å². The van der Waals surface area contributed by atoms with Gasteiger partial charge in [-0.2, -0.15) is 18.3 Å². The Hall–Kier alpha value is -3.46. The number of fused-ring (bicyclic) bond motifs is 1. The van der Waals surface area contributed by atoms with Crippen molar-refractivity contribution < 1.29 is 41.0 Å². The van der Waals surface area contributed by atoms with Crippen LogP contribution in [-0.4, -0.2) is 60.9 Å². The van der Waals surface area contributed by atoms with E-state index in [-0.39, 0.29) is 15.7 Å². The van der Waals surface area contributed by atoms with E-state index in [4.69, 9.17) is 31.3 Å². The van der Waals surface area contributed by atoms with Gasteiger partial charge in [0.25, 0.3) is 0 Å². The minimum absolute atomic E-state index is 0.214. The molecule has 1 saturated heterocycles. The van der Waals surface area contributed by atoms with Gasteiger partial charge in [0.2, 0.25) is 0 Å². The Balaban J connectivity index is 0.000000591. The van der Waals surface area contributed by atoms with E-state index < -0.39 is 22.0 Å². The third-order valence-corrected chi connectivity index (χ3v) is 10.5. The number of nitrogens with one attached hydrogen (secondary N) is 1. The number of carboxylic acid groups (broad SMARTS) is 1. The highest BCUT2D eigenvalue weighted by Crippen LogP contribution is 2.33. The van der Waals surface area contributed by atoms with Crippen molar-refractivity contribution in [3.8, 4) is 5.75 Å². The first-order chi connectivity index (χ1) is 21.3. The van der Waals surface area contributed by atoms with Gasteiger partial charge in [0.15, 0.2) is 9.84 Å². The number of hydrogen-bond donors (Lipinski definition) is 2. The average molecular weight is 686 g/mol. The number of carboxylic acids is 1. The number of Topliss-reactive ketones (excluding diaryl/α,β-unsaturated/α-hetero) is 1. The lowest BCUT2D eigenvalue weighted by Crippen LogP contribution is -2.24. The van der Waals surface area contributed by atoms with Crippen molar-refractivity contribution in [3.63, 3.8) is 0 Å². The molecule has 4 aromatic rings. The second-order valence-corrected chi connectivity index (χ2v) is 14.4. The third kappa shape index (κ3) is 9.28. The SMILES string of the molecule is COc1cccc2c1c(CS(=O)(=O)c1ccc(Cl)s1)nn2Cc1cccc(CCC(=O)CC2CCCN2)c1.O=C(O)C(F)(F)F. The van der Waals surface area contributed by atoms with Gasteiger partial charge in [-0.25, -0.2) is 13.2 Å². The van der Waals surface area contributed by atoms with Crippen LogP contribution in [0.3, 0.4) is 0 Å². The molecule has 2 N–H and O–H groups in total. The number of carbonyl (C=O) groups is 2. The molecule has 2 aromatic heterocycles. The Labute approximate surface area is 266 Å². The van der Waals surface area contributed by atoms with Crippen LogP contribution in [0.25, 0.3) is 10.9 Å². The van der Waals surface area contributed by atoms with Crippen LogP contribution in [0.2, 0.25) is 4.34 Å². The second-order valence-electron chi connectivity index (χ2n) is 10.4. The lowest BCUT2D eigenvalue weighted by Gasteiger charge is -2.10. The second kappa shape index (κ2) is 14.8. The lowest BCUT2D eigenvalue weighted by atomic mass is 10.0. The number of alkyl halides is 3. The van der Waals surface area contributed by atoms with Crippen LogP contribution in [0, 0.1) is 0 Å². The predicted molar refractivity (Wildman–Crippen MR) is 165 cm³/mol. The molecule has 5 rings (SSSR count). The number of halogens is 4. The standard InChI is InChI=1S/C28H30ClN3O4S2.C2HF3O2/c1-36-25-9-3-8-24-28(25)23(18-38(34,35)27-13-12-26(29)37-27)31-32(24)17-20-6-2-5-19(15-20)10-11-22(33)16-21-7-4-14-30-21;3-2(4,5)1(6)7/h2-3,5-6,8-9,12-13,15,21,30H,4,7,10-11,14,16-18H2,1H3;(H,6,7). The Kier molecular flexibility index (Phi) is 11.3. The van der Waals surface area contributed by atoms with Gasteiger partial charge in [-0.15, -0.1) is 11.3 Å². The molecule has 0 bridgehead atoms. The van der Waals surface area contributed by atoms with Crippen molar-refractivity contribution in [2.24, 2.45) is 0 Å². The van der Waals surface area contributed by atoms with Crippen molar-refractivity contribution in [1.29, 1.82) is 0 Å². The number of ether oxygens (including phenoxy) is 1. The van der Waals surface area contributed by atoms with Crippen molar-refractivity contribution in [2.75, 3.05) is 13.7 Å². The average Bonchev–Trinajstić information content (AvgIpc) is 3.73. The molecule has 9 nitrogen and oxygen atoms in total. The first kappa shape index (κ1) is 34.4. The maximum absolute atomic E-state index is 13.1. The fraction of sp³-hybridized carbons (Fsp3) is 0.367. The molecule has 45 heavy (non-hydrogen) atoms. The summed E-state index contributed by atoms with van der Waals surface area (Å²) in [5.41, 5.74) is 3.35. The highest BCUT2D eigenvalue weighted by atomic mass is 35.5. The van der Waals surface area contributed by atoms with Crippen LogP contribution >= 0.6 is 22.9 Å². The van der Waals surface area contributed by atoms with Gasteiger partial charge >= 0.3 is 12.1 Å². The molecule has 0 aliphatic carbocycles. The number of ketones is 1. The fourth-order valence-corrected chi connectivity index (χ4v) is 7.88. The van der Waals surface area contributed by atoms with Crippen LogP contribution in [0.4, 0.5) is 13.2 Å². The van der Waals surface area contributed by atoms with Crippen LogP contribution in [0.1, 0.15) is 42.5 Å². The normalized spacial score (nSPS) is 15.1. The number of rotatable bonds is 11. The van der Waals surface area contributed by atoms with Crippen molar-refractivity contribution in [3.05, 3.63) is 75.8 Å². The van der Waals surface area contributed by atoms with Gasteiger partial charge in [-0.1, -0.05) is 41.9 Å². The van der Waals surface area contributed by atoms with Crippen LogP contribution < -0.4 is 10.1 Å². The molecule has 15 heteroatoms. The summed E-state index contributed by atoms with van der Waals surface area (Å²) in [5, 5.41) is 15.9. The number of methoxy groups -OCH3 is 1. The zero-order valence-corrected chi connectivity index (χ0v) is 26.5. The Bertz CT molecular complexity index is 1770. The molecule has 3 heterocycles. The van der Waals surface area contributed by atoms with E-state index in [1.54, 1.807) is 13.2 Å². The number of aliphatic carboxylic acids is 1. The summed E-state index contributed by atoms with van der Waals surface area (Å²) < 4.78 is 66.0. The third-order valence-electron chi connectivity index (χ3n) is 7.11. The highest BCUT2D eigenvalue weighted by Gasteiger charge is 2.38. The van der Waals surface area contributed by atoms with E-state index in [1.807, 2.05) is 41.1 Å². The number of aryl methyl sites for hydroxylation is 1. The largest absolute Gasteiger partial charge is 0.496 e. The molecule has 1 aliphatic heterocycles. The molecular weight excluding hydrogens is 655 g/mol. The monoisotopic (exact) mass is 685 g/mol. The first-order valence-electron chi connectivity index (χ1n) is 13.9. The zero-order chi connectivity index (χ0) is 32.8. The number of hydrogen-bond acceptors (Lipinski definition) is 8. The Morgan fingerprint density at radius 3 is 2.49 bits per heavy atom.